The van der Waals surface area contributed by atoms with Crippen LogP contribution in [0.2, 0.25) is 0 Å². The number of Topliss-reactive ketones (excluding diaryl/α,β-unsaturated/α-hetero) is 9. The molecule has 2 saturated carbocycles. The zero-order valence-corrected chi connectivity index (χ0v) is 102. The van der Waals surface area contributed by atoms with Gasteiger partial charge in [0, 0.05) is 24.3 Å². The first kappa shape index (κ1) is 155. The molecule has 0 aliphatic heterocycles. The molecular formula is C118H229NO21. The Morgan fingerprint density at radius 1 is 0.343 bits per heavy atom. The van der Waals surface area contributed by atoms with Gasteiger partial charge in [0.15, 0.2) is 52.0 Å². The van der Waals surface area contributed by atoms with Crippen LogP contribution in [0.15, 0.2) is 28.7 Å². The third-order valence-electron chi connectivity index (χ3n) is 21.0. The van der Waals surface area contributed by atoms with Crippen molar-refractivity contribution in [1.29, 1.82) is 0 Å². The Hall–Kier alpha value is -5.17. The van der Waals surface area contributed by atoms with Crippen LogP contribution in [0.25, 0.3) is 0 Å². The van der Waals surface area contributed by atoms with E-state index in [0.29, 0.717) is 64.9 Å². The molecule has 140 heavy (non-hydrogen) atoms. The SMILES string of the molecule is C.CC(=O)/C=C/CC(C)(C)C.CC(=O)C(C)(C)C.CC(=O)C(C)(C)OCC(C)(C)C.CC(=O)C(C)(C)OCC(C)(C)C.CC(=O)C(C)(C)OCC(C)(C)C.CC(=O)C1(OCC(C)(C)C)CC1.CC(=O)C1(OCC(C)(C)C)CCC1.CC(=O)COCC(C)(C)C.CCC(C)(OCC(C)(C)C)C(C)=O.CCC(CC)(OCC(C)(C)C)C(C)=O.CCc1ccc(C(C)(C)C)o1.CNC(=O)C(C)(C)OCC(C)(C)C. The van der Waals surface area contributed by atoms with Crippen molar-refractivity contribution in [3.63, 3.8) is 0 Å². The van der Waals surface area contributed by atoms with Gasteiger partial charge in [-0.05, 0) is 262 Å². The molecule has 3 rings (SSSR count). The molecule has 2 fully saturated rings. The van der Waals surface area contributed by atoms with Crippen LogP contribution in [-0.2, 0) is 107 Å². The van der Waals surface area contributed by atoms with Crippen molar-refractivity contribution in [2.75, 3.05) is 73.1 Å². The molecule has 0 bridgehead atoms. The molecule has 1 aromatic heterocycles. The van der Waals surface area contributed by atoms with E-state index in [1.807, 2.05) is 54.5 Å². The molecule has 1 amide bonds. The highest BCUT2D eigenvalue weighted by Gasteiger charge is 2.49. The number of ether oxygens (including phenoxy) is 9. The summed E-state index contributed by atoms with van der Waals surface area (Å²) in [6.07, 6.45) is 12.6. The maximum absolute atomic E-state index is 11.5. The van der Waals surface area contributed by atoms with Gasteiger partial charge >= 0.3 is 0 Å². The highest BCUT2D eigenvalue weighted by Crippen LogP contribution is 2.42. The van der Waals surface area contributed by atoms with Crippen molar-refractivity contribution < 1.29 is 99.8 Å². The minimum Gasteiger partial charge on any atom is -0.466 e. The van der Waals surface area contributed by atoms with Gasteiger partial charge in [0.1, 0.15) is 68.7 Å². The number of aryl methyl sites for hydroxylation is 1. The second-order valence-electron chi connectivity index (χ2n) is 54.1. The van der Waals surface area contributed by atoms with E-state index in [0.717, 1.165) is 75.7 Å². The van der Waals surface area contributed by atoms with Gasteiger partial charge < -0.3 is 52.4 Å². The Balaban J connectivity index is -0.000000165. The summed E-state index contributed by atoms with van der Waals surface area (Å²) in [5, 5.41) is 2.58. The first-order valence-corrected chi connectivity index (χ1v) is 50.9. The lowest BCUT2D eigenvalue weighted by molar-refractivity contribution is -0.161. The van der Waals surface area contributed by atoms with Gasteiger partial charge in [0.05, 0.1) is 59.5 Å². The number of amides is 1. The summed E-state index contributed by atoms with van der Waals surface area (Å²) in [6.45, 7) is 121. The number of carbonyl (C=O) groups excluding carboxylic acids is 11. The molecule has 832 valence electrons. The summed E-state index contributed by atoms with van der Waals surface area (Å²) in [7, 11) is 1.62. The summed E-state index contributed by atoms with van der Waals surface area (Å²) in [5.41, 5.74) is -3.11. The largest absolute Gasteiger partial charge is 0.466 e. The zero-order valence-electron chi connectivity index (χ0n) is 102. The molecule has 1 N–H and O–H groups in total. The Morgan fingerprint density at radius 2 is 0.629 bits per heavy atom. The number of allylic oxidation sites excluding steroid dienone is 2. The molecule has 1 unspecified atom stereocenters. The van der Waals surface area contributed by atoms with Gasteiger partial charge in [-0.3, -0.25) is 52.7 Å². The third-order valence-corrected chi connectivity index (χ3v) is 21.0. The predicted molar refractivity (Wildman–Crippen MR) is 587 cm³/mol. The number of likely N-dealkylation sites (N-methyl/N-ethyl adjacent to an activating group) is 1. The first-order chi connectivity index (χ1) is 61.2. The fourth-order valence-corrected chi connectivity index (χ4v) is 9.06. The average molecular weight is 2000 g/mol. The first-order valence-electron chi connectivity index (χ1n) is 50.9. The average Bonchev–Trinajstić information content (AvgIpc) is 1.68. The molecule has 1 aromatic rings. The van der Waals surface area contributed by atoms with Gasteiger partial charge in [-0.15, -0.1) is 0 Å². The molecule has 1 atom stereocenters. The molecule has 0 saturated heterocycles. The fraction of sp³-hybridized carbons (Fsp3) is 0.856. The Kier molecular flexibility index (Phi) is 73.3. The molecule has 2 aliphatic rings. The quantitative estimate of drug-likeness (QED) is 0.0639. The van der Waals surface area contributed by atoms with Gasteiger partial charge in [0.2, 0.25) is 0 Å². The summed E-state index contributed by atoms with van der Waals surface area (Å²) in [4.78, 5) is 121. The minimum atomic E-state index is -0.734. The molecule has 0 aromatic carbocycles. The normalized spacial score (nSPS) is 14.4. The number of hydrogen-bond donors (Lipinski definition) is 1. The smallest absolute Gasteiger partial charge is 0.251 e. The number of carbonyl (C=O) groups is 11. The van der Waals surface area contributed by atoms with Crippen LogP contribution in [0.1, 0.15) is 485 Å². The van der Waals surface area contributed by atoms with Crippen LogP contribution in [-0.4, -0.2) is 182 Å². The van der Waals surface area contributed by atoms with Gasteiger partial charge in [-0.25, -0.2) is 0 Å². The van der Waals surface area contributed by atoms with E-state index in [1.165, 1.54) is 6.92 Å². The standard InChI is InChI=1S/C12H24O2.C11H20O2.C11H22O2.C10H21NO2.C10H18O2.3C10H20O2.C10H16O.C9H16O.C8H16O2.C6H12O.CH4/c1-7-12(8-2,10(3)13)14-9-11(4,5)6;1-9(12)11(6-5-7-11)13-8-10(2,3)4;1-7-11(6,9(2)12)13-8-10(3,4)5;1-9(2,3)7-13-10(4,5)8(12)11-6;1-8(11)10(5-6-10)12-7-9(2,3)4;3*1-8(11)10(5,6)12-7-9(2,3)4;1-5-8-6-7-9(11-8)10(2,3)4;1-8(10)6-5-7-9(2,3)4;1-7(9)5-10-6-8(2,3)4;1-5(7)6(2,3)4;/h7-9H2,1-6H3;5-8H2,1-4H3;7-8H2,1-6H3;7H2,1-6H3,(H,11,12);5-7H2,1-4H3;3*7H2,1-6H3;6-7H,5H2,1-4H3;5-6H,7H2,1-4H3;5-6H2,1-4H3;1-4H3;1H4/b;;;;;;;;;6-5+;;;. The molecule has 22 nitrogen and oxygen atoms in total. The van der Waals surface area contributed by atoms with Gasteiger partial charge in [-0.2, -0.15) is 0 Å². The van der Waals surface area contributed by atoms with Crippen LogP contribution in [0, 0.1) is 59.6 Å². The number of rotatable bonds is 33. The zero-order chi connectivity index (χ0) is 113. The second kappa shape index (κ2) is 66.2. The minimum absolute atomic E-state index is 0. The third kappa shape index (κ3) is 90.4. The Morgan fingerprint density at radius 3 is 0.807 bits per heavy atom. The lowest BCUT2D eigenvalue weighted by Crippen LogP contribution is -2.48. The van der Waals surface area contributed by atoms with Crippen molar-refractivity contribution in [3.8, 4) is 0 Å². The lowest BCUT2D eigenvalue weighted by Gasteiger charge is -2.41. The maximum atomic E-state index is 11.5. The molecule has 1 heterocycles. The summed E-state index contributed by atoms with van der Waals surface area (Å²) < 4.78 is 55.6. The van der Waals surface area contributed by atoms with Crippen LogP contribution >= 0.6 is 0 Å². The monoisotopic (exact) mass is 2000 g/mol. The van der Waals surface area contributed by atoms with Crippen LogP contribution in [0.3, 0.4) is 0 Å². The number of hydrogen-bond acceptors (Lipinski definition) is 21. The summed E-state index contributed by atoms with van der Waals surface area (Å²) in [6, 6.07) is 4.12. The number of furan rings is 1. The van der Waals surface area contributed by atoms with Crippen molar-refractivity contribution in [1.82, 2.24) is 5.32 Å². The maximum Gasteiger partial charge on any atom is 0.251 e. The summed E-state index contributed by atoms with van der Waals surface area (Å²) >= 11 is 0. The predicted octanol–water partition coefficient (Wildman–Crippen LogP) is 29.2. The summed E-state index contributed by atoms with van der Waals surface area (Å²) in [5.74, 6) is 3.40. The Bertz CT molecular complexity index is 3500. The fourth-order valence-electron chi connectivity index (χ4n) is 9.06. The van der Waals surface area contributed by atoms with Crippen LogP contribution < -0.4 is 5.32 Å². The Labute approximate surface area is 863 Å². The van der Waals surface area contributed by atoms with E-state index in [9.17, 15) is 52.7 Å². The molecule has 22 heteroatoms. The number of ketones is 10. The van der Waals surface area contributed by atoms with E-state index in [1.54, 1.807) is 131 Å². The molecule has 0 spiro atoms. The van der Waals surface area contributed by atoms with Crippen LogP contribution in [0.5, 0.6) is 0 Å². The van der Waals surface area contributed by atoms with E-state index >= 15 is 0 Å². The number of nitrogens with one attached hydrogen (secondary N) is 1. The van der Waals surface area contributed by atoms with Crippen molar-refractivity contribution in [2.45, 2.75) is 530 Å². The van der Waals surface area contributed by atoms with E-state index in [2.05, 4.69) is 253 Å². The van der Waals surface area contributed by atoms with Crippen molar-refractivity contribution in [2.24, 2.45) is 59.6 Å². The van der Waals surface area contributed by atoms with E-state index in [4.69, 9.17) is 47.0 Å². The highest BCUT2D eigenvalue weighted by molar-refractivity contribution is 5.89. The second-order valence-corrected chi connectivity index (χ2v) is 54.1. The van der Waals surface area contributed by atoms with Crippen molar-refractivity contribution in [3.05, 3.63) is 35.8 Å². The lowest BCUT2D eigenvalue weighted by atomic mass is 9.77. The topological polar surface area (TPSA) is 296 Å². The van der Waals surface area contributed by atoms with E-state index < -0.39 is 39.2 Å². The molecule has 2 aliphatic carbocycles. The van der Waals surface area contributed by atoms with Crippen LogP contribution in [0.4, 0.5) is 0 Å². The van der Waals surface area contributed by atoms with Gasteiger partial charge in [0.25, 0.3) is 5.91 Å². The molecule has 0 radical (unpaired) electrons. The van der Waals surface area contributed by atoms with Gasteiger partial charge in [-0.1, -0.05) is 290 Å². The molecular weight excluding hydrogens is 1770 g/mol. The highest BCUT2D eigenvalue weighted by atomic mass is 16.5. The van der Waals surface area contributed by atoms with Crippen molar-refractivity contribution >= 4 is 63.7 Å². The van der Waals surface area contributed by atoms with E-state index in [-0.39, 0.29) is 143 Å².